The number of hydrogen-bond acceptors (Lipinski definition) is 5. The van der Waals surface area contributed by atoms with E-state index < -0.39 is 41.1 Å². The molecule has 0 saturated heterocycles. The number of ether oxygens (including phenoxy) is 3. The van der Waals surface area contributed by atoms with Crippen molar-refractivity contribution in [3.05, 3.63) is 53.3 Å². The molecule has 0 fully saturated rings. The number of halogens is 3. The number of methoxy groups -OCH3 is 2. The van der Waals surface area contributed by atoms with Crippen LogP contribution in [0, 0.1) is 17.5 Å². The highest BCUT2D eigenvalue weighted by Crippen LogP contribution is 2.28. The van der Waals surface area contributed by atoms with Crippen molar-refractivity contribution in [2.45, 2.75) is 13.0 Å². The van der Waals surface area contributed by atoms with Crippen LogP contribution in [-0.4, -0.2) is 32.2 Å². The van der Waals surface area contributed by atoms with Gasteiger partial charge in [-0.05, 0) is 37.3 Å². The molecule has 0 aliphatic carbocycles. The minimum atomic E-state index is -1.72. The number of carbonyl (C=O) groups excluding carboxylic acids is 2. The van der Waals surface area contributed by atoms with Crippen LogP contribution in [0.5, 0.6) is 11.5 Å². The first-order valence-electron chi connectivity index (χ1n) is 7.65. The standard InChI is InChI=1S/C18H16F3NO5/c1-9(17(23)22-12-6-5-11(19)15(20)16(12)21)27-18(24)10-4-7-13(25-2)14(8-10)26-3/h4-9H,1-3H3,(H,22,23)/t9-/m0/s1. The third-order valence-corrected chi connectivity index (χ3v) is 3.57. The molecule has 1 atom stereocenters. The summed E-state index contributed by atoms with van der Waals surface area (Å²) in [7, 11) is 2.82. The van der Waals surface area contributed by atoms with Gasteiger partial charge in [-0.3, -0.25) is 4.79 Å². The zero-order valence-electron chi connectivity index (χ0n) is 14.6. The van der Waals surface area contributed by atoms with Gasteiger partial charge in [0.25, 0.3) is 5.91 Å². The molecule has 144 valence electrons. The van der Waals surface area contributed by atoms with Crippen LogP contribution in [0.3, 0.4) is 0 Å². The Morgan fingerprint density at radius 2 is 1.63 bits per heavy atom. The van der Waals surface area contributed by atoms with E-state index in [1.807, 2.05) is 5.32 Å². The summed E-state index contributed by atoms with van der Waals surface area (Å²) in [5.74, 6) is -5.75. The van der Waals surface area contributed by atoms with Crippen LogP contribution in [0.2, 0.25) is 0 Å². The molecule has 0 radical (unpaired) electrons. The fourth-order valence-electron chi connectivity index (χ4n) is 2.10. The van der Waals surface area contributed by atoms with E-state index in [0.717, 1.165) is 6.07 Å². The third-order valence-electron chi connectivity index (χ3n) is 3.57. The molecule has 0 bridgehead atoms. The first-order chi connectivity index (χ1) is 12.8. The molecular weight excluding hydrogens is 367 g/mol. The first kappa shape index (κ1) is 20.1. The molecule has 6 nitrogen and oxygen atoms in total. The van der Waals surface area contributed by atoms with E-state index in [2.05, 4.69) is 0 Å². The van der Waals surface area contributed by atoms with Crippen molar-refractivity contribution in [3.8, 4) is 11.5 Å². The summed E-state index contributed by atoms with van der Waals surface area (Å²) in [5, 5.41) is 2.03. The Balaban J connectivity index is 2.08. The molecule has 27 heavy (non-hydrogen) atoms. The molecule has 0 saturated carbocycles. The summed E-state index contributed by atoms with van der Waals surface area (Å²) in [6, 6.07) is 5.77. The van der Waals surface area contributed by atoms with Gasteiger partial charge in [0.05, 0.1) is 25.5 Å². The lowest BCUT2D eigenvalue weighted by atomic mass is 10.2. The Hall–Kier alpha value is -3.23. The van der Waals surface area contributed by atoms with E-state index in [1.165, 1.54) is 39.3 Å². The van der Waals surface area contributed by atoms with Gasteiger partial charge < -0.3 is 19.5 Å². The molecule has 0 spiro atoms. The second-order valence-electron chi connectivity index (χ2n) is 5.33. The average molecular weight is 383 g/mol. The van der Waals surface area contributed by atoms with Gasteiger partial charge in [-0.15, -0.1) is 0 Å². The fraction of sp³-hybridized carbons (Fsp3) is 0.222. The minimum Gasteiger partial charge on any atom is -0.493 e. The van der Waals surface area contributed by atoms with Crippen molar-refractivity contribution >= 4 is 17.6 Å². The maximum atomic E-state index is 13.6. The predicted molar refractivity (Wildman–Crippen MR) is 89.4 cm³/mol. The zero-order chi connectivity index (χ0) is 20.1. The SMILES string of the molecule is COc1ccc(C(=O)O[C@@H](C)C(=O)Nc2ccc(F)c(F)c2F)cc1OC. The lowest BCUT2D eigenvalue weighted by molar-refractivity contribution is -0.123. The molecule has 1 N–H and O–H groups in total. The maximum Gasteiger partial charge on any atom is 0.339 e. The summed E-state index contributed by atoms with van der Waals surface area (Å²) in [6.45, 7) is 1.24. The topological polar surface area (TPSA) is 73.9 Å². The molecule has 0 aliphatic heterocycles. The van der Waals surface area contributed by atoms with E-state index in [-0.39, 0.29) is 11.3 Å². The number of carbonyl (C=O) groups is 2. The lowest BCUT2D eigenvalue weighted by Gasteiger charge is -2.15. The number of esters is 1. The third kappa shape index (κ3) is 4.49. The summed E-state index contributed by atoms with van der Waals surface area (Å²) in [5.41, 5.74) is -0.487. The van der Waals surface area contributed by atoms with Crippen molar-refractivity contribution in [1.82, 2.24) is 0 Å². The minimum absolute atomic E-state index is 0.0892. The van der Waals surface area contributed by atoms with Gasteiger partial charge in [0.15, 0.2) is 35.1 Å². The second kappa shape index (κ2) is 8.43. The quantitative estimate of drug-likeness (QED) is 0.612. The first-order valence-corrected chi connectivity index (χ1v) is 7.65. The molecule has 2 aromatic rings. The van der Waals surface area contributed by atoms with Crippen molar-refractivity contribution in [3.63, 3.8) is 0 Å². The van der Waals surface area contributed by atoms with Crippen molar-refractivity contribution < 1.29 is 37.0 Å². The molecule has 0 aliphatic rings. The highest BCUT2D eigenvalue weighted by atomic mass is 19.2. The number of anilines is 1. The molecule has 2 aromatic carbocycles. The molecular formula is C18H16F3NO5. The van der Waals surface area contributed by atoms with Crippen molar-refractivity contribution in [2.75, 3.05) is 19.5 Å². The number of rotatable bonds is 6. The van der Waals surface area contributed by atoms with E-state index in [4.69, 9.17) is 14.2 Å². The summed E-state index contributed by atoms with van der Waals surface area (Å²) in [4.78, 5) is 24.2. The van der Waals surface area contributed by atoms with Crippen molar-refractivity contribution in [1.29, 1.82) is 0 Å². The smallest absolute Gasteiger partial charge is 0.339 e. The van der Waals surface area contributed by atoms with E-state index in [1.54, 1.807) is 0 Å². The molecule has 0 unspecified atom stereocenters. The van der Waals surface area contributed by atoms with Gasteiger partial charge in [-0.1, -0.05) is 0 Å². The monoisotopic (exact) mass is 383 g/mol. The van der Waals surface area contributed by atoms with Gasteiger partial charge in [0.2, 0.25) is 0 Å². The summed E-state index contributed by atoms with van der Waals surface area (Å²) >= 11 is 0. The van der Waals surface area contributed by atoms with E-state index >= 15 is 0 Å². The van der Waals surface area contributed by atoms with Crippen LogP contribution in [-0.2, 0) is 9.53 Å². The number of nitrogens with one attached hydrogen (secondary N) is 1. The Morgan fingerprint density at radius 3 is 2.26 bits per heavy atom. The number of hydrogen-bond donors (Lipinski definition) is 1. The largest absolute Gasteiger partial charge is 0.493 e. The zero-order valence-corrected chi connectivity index (χ0v) is 14.6. The Morgan fingerprint density at radius 1 is 0.963 bits per heavy atom. The molecule has 1 amide bonds. The lowest BCUT2D eigenvalue weighted by Crippen LogP contribution is -2.30. The molecule has 2 rings (SSSR count). The molecule has 0 aromatic heterocycles. The normalized spacial score (nSPS) is 11.5. The summed E-state index contributed by atoms with van der Waals surface area (Å²) in [6.07, 6.45) is -1.34. The average Bonchev–Trinajstić information content (AvgIpc) is 2.67. The highest BCUT2D eigenvalue weighted by Gasteiger charge is 2.22. The fourth-order valence-corrected chi connectivity index (χ4v) is 2.10. The number of benzene rings is 2. The summed E-state index contributed by atoms with van der Waals surface area (Å²) < 4.78 is 54.8. The Kier molecular flexibility index (Phi) is 6.27. The van der Waals surface area contributed by atoms with Gasteiger partial charge in [-0.25, -0.2) is 18.0 Å². The van der Waals surface area contributed by atoms with E-state index in [9.17, 15) is 22.8 Å². The van der Waals surface area contributed by atoms with Gasteiger partial charge in [0.1, 0.15) is 0 Å². The van der Waals surface area contributed by atoms with Crippen LogP contribution < -0.4 is 14.8 Å². The predicted octanol–water partition coefficient (Wildman–Crippen LogP) is 3.31. The van der Waals surface area contributed by atoms with E-state index in [0.29, 0.717) is 11.8 Å². The van der Waals surface area contributed by atoms with Gasteiger partial charge in [-0.2, -0.15) is 0 Å². The van der Waals surface area contributed by atoms with Crippen LogP contribution in [0.4, 0.5) is 18.9 Å². The Bertz CT molecular complexity index is 872. The Labute approximate surface area is 152 Å². The second-order valence-corrected chi connectivity index (χ2v) is 5.33. The highest BCUT2D eigenvalue weighted by molar-refractivity contribution is 5.97. The molecule has 9 heteroatoms. The maximum absolute atomic E-state index is 13.6. The van der Waals surface area contributed by atoms with Gasteiger partial charge >= 0.3 is 5.97 Å². The van der Waals surface area contributed by atoms with Crippen molar-refractivity contribution in [2.24, 2.45) is 0 Å². The van der Waals surface area contributed by atoms with Crippen LogP contribution in [0.15, 0.2) is 30.3 Å². The van der Waals surface area contributed by atoms with Crippen LogP contribution >= 0.6 is 0 Å². The van der Waals surface area contributed by atoms with Crippen LogP contribution in [0.25, 0.3) is 0 Å². The molecule has 0 heterocycles. The van der Waals surface area contributed by atoms with Gasteiger partial charge in [0, 0.05) is 0 Å². The van der Waals surface area contributed by atoms with Crippen LogP contribution in [0.1, 0.15) is 17.3 Å². The number of amides is 1.